The van der Waals surface area contributed by atoms with Crippen molar-refractivity contribution in [3.63, 3.8) is 0 Å². The van der Waals surface area contributed by atoms with Gasteiger partial charge in [-0.25, -0.2) is 9.97 Å². The van der Waals surface area contributed by atoms with Gasteiger partial charge in [-0.1, -0.05) is 34.5 Å². The van der Waals surface area contributed by atoms with E-state index in [0.29, 0.717) is 5.95 Å². The standard InChI is InChI=1S/C15H16BrN3/c16-13-5-3-12(4-6-13)15(7-1-8-15)11-19-14-17-9-2-10-18-14/h2-6,9-10H,1,7-8,11H2,(H,17,18,19). The third-order valence-corrected chi connectivity index (χ3v) is 4.45. The van der Waals surface area contributed by atoms with Crippen molar-refractivity contribution in [1.29, 1.82) is 0 Å². The van der Waals surface area contributed by atoms with Crippen LogP contribution < -0.4 is 5.32 Å². The molecule has 1 aromatic heterocycles. The Morgan fingerprint density at radius 1 is 1.11 bits per heavy atom. The van der Waals surface area contributed by atoms with Gasteiger partial charge < -0.3 is 5.32 Å². The van der Waals surface area contributed by atoms with Gasteiger partial charge in [0.25, 0.3) is 0 Å². The Bertz CT molecular complexity index is 535. The molecule has 19 heavy (non-hydrogen) atoms. The second-order valence-electron chi connectivity index (χ2n) is 5.07. The number of nitrogens with one attached hydrogen (secondary N) is 1. The number of benzene rings is 1. The fourth-order valence-corrected chi connectivity index (χ4v) is 2.88. The molecule has 98 valence electrons. The van der Waals surface area contributed by atoms with Gasteiger partial charge in [-0.2, -0.15) is 0 Å². The molecule has 0 radical (unpaired) electrons. The third-order valence-electron chi connectivity index (χ3n) is 3.92. The molecule has 0 unspecified atom stereocenters. The van der Waals surface area contributed by atoms with E-state index in [0.717, 1.165) is 11.0 Å². The summed E-state index contributed by atoms with van der Waals surface area (Å²) in [4.78, 5) is 8.44. The molecule has 4 heteroatoms. The number of nitrogens with zero attached hydrogens (tertiary/aromatic N) is 2. The quantitative estimate of drug-likeness (QED) is 0.932. The van der Waals surface area contributed by atoms with Crippen molar-refractivity contribution in [3.05, 3.63) is 52.8 Å². The van der Waals surface area contributed by atoms with E-state index >= 15 is 0 Å². The molecule has 3 rings (SSSR count). The van der Waals surface area contributed by atoms with Gasteiger partial charge in [-0.05, 0) is 36.6 Å². The van der Waals surface area contributed by atoms with Gasteiger partial charge >= 0.3 is 0 Å². The molecule has 0 spiro atoms. The summed E-state index contributed by atoms with van der Waals surface area (Å²) in [5, 5.41) is 3.37. The largest absolute Gasteiger partial charge is 0.353 e. The summed E-state index contributed by atoms with van der Waals surface area (Å²) in [6, 6.07) is 10.5. The molecule has 1 heterocycles. The van der Waals surface area contributed by atoms with Crippen molar-refractivity contribution in [3.8, 4) is 0 Å². The average molecular weight is 318 g/mol. The van der Waals surface area contributed by atoms with Crippen molar-refractivity contribution < 1.29 is 0 Å². The van der Waals surface area contributed by atoms with Gasteiger partial charge in [0.1, 0.15) is 0 Å². The van der Waals surface area contributed by atoms with Crippen molar-refractivity contribution in [2.24, 2.45) is 0 Å². The van der Waals surface area contributed by atoms with E-state index < -0.39 is 0 Å². The zero-order valence-electron chi connectivity index (χ0n) is 10.6. The first kappa shape index (κ1) is 12.6. The Morgan fingerprint density at radius 2 is 1.79 bits per heavy atom. The maximum atomic E-state index is 4.22. The van der Waals surface area contributed by atoms with Crippen LogP contribution in [0.15, 0.2) is 47.2 Å². The van der Waals surface area contributed by atoms with Crippen LogP contribution in [-0.4, -0.2) is 16.5 Å². The minimum Gasteiger partial charge on any atom is -0.353 e. The van der Waals surface area contributed by atoms with Gasteiger partial charge in [0.05, 0.1) is 0 Å². The lowest BCUT2D eigenvalue weighted by Gasteiger charge is -2.42. The first-order valence-corrected chi connectivity index (χ1v) is 7.35. The van der Waals surface area contributed by atoms with E-state index in [4.69, 9.17) is 0 Å². The number of hydrogen-bond donors (Lipinski definition) is 1. The number of aromatic nitrogens is 2. The Balaban J connectivity index is 1.74. The lowest BCUT2D eigenvalue weighted by atomic mass is 9.64. The number of rotatable bonds is 4. The third kappa shape index (κ3) is 2.63. The Kier molecular flexibility index (Phi) is 3.51. The maximum Gasteiger partial charge on any atom is 0.222 e. The molecular formula is C15H16BrN3. The molecule has 1 N–H and O–H groups in total. The highest BCUT2D eigenvalue weighted by molar-refractivity contribution is 9.10. The highest BCUT2D eigenvalue weighted by Gasteiger charge is 2.38. The van der Waals surface area contributed by atoms with Crippen molar-refractivity contribution in [2.45, 2.75) is 24.7 Å². The maximum absolute atomic E-state index is 4.22. The molecule has 1 aliphatic rings. The van der Waals surface area contributed by atoms with E-state index in [1.54, 1.807) is 12.4 Å². The number of anilines is 1. The molecule has 1 aromatic carbocycles. The van der Waals surface area contributed by atoms with Gasteiger partial charge in [0.15, 0.2) is 0 Å². The van der Waals surface area contributed by atoms with Crippen LogP contribution in [0.4, 0.5) is 5.95 Å². The van der Waals surface area contributed by atoms with Gasteiger partial charge in [-0.15, -0.1) is 0 Å². The summed E-state index contributed by atoms with van der Waals surface area (Å²) >= 11 is 3.49. The summed E-state index contributed by atoms with van der Waals surface area (Å²) in [5.41, 5.74) is 1.66. The monoisotopic (exact) mass is 317 g/mol. The van der Waals surface area contributed by atoms with E-state index in [9.17, 15) is 0 Å². The first-order chi connectivity index (χ1) is 9.28. The minimum absolute atomic E-state index is 0.250. The fraction of sp³-hybridized carbons (Fsp3) is 0.333. The van der Waals surface area contributed by atoms with Gasteiger partial charge in [-0.3, -0.25) is 0 Å². The summed E-state index contributed by atoms with van der Waals surface area (Å²) < 4.78 is 1.13. The molecule has 0 atom stereocenters. The average Bonchev–Trinajstić information content (AvgIpc) is 2.41. The van der Waals surface area contributed by atoms with Crippen molar-refractivity contribution in [2.75, 3.05) is 11.9 Å². The van der Waals surface area contributed by atoms with E-state index in [2.05, 4.69) is 55.5 Å². The SMILES string of the molecule is Brc1ccc(C2(CNc3ncccn3)CCC2)cc1. The Hall–Kier alpha value is -1.42. The van der Waals surface area contributed by atoms with Crippen LogP contribution in [0.5, 0.6) is 0 Å². The molecule has 0 saturated heterocycles. The van der Waals surface area contributed by atoms with Crippen LogP contribution in [0.1, 0.15) is 24.8 Å². The number of halogens is 1. The minimum atomic E-state index is 0.250. The summed E-state index contributed by atoms with van der Waals surface area (Å²) in [6.45, 7) is 0.901. The Labute approximate surface area is 121 Å². The molecule has 3 nitrogen and oxygen atoms in total. The molecular weight excluding hydrogens is 302 g/mol. The molecule has 1 saturated carbocycles. The second kappa shape index (κ2) is 5.29. The summed E-state index contributed by atoms with van der Waals surface area (Å²) in [5.74, 6) is 0.714. The van der Waals surface area contributed by atoms with Crippen LogP contribution in [0.2, 0.25) is 0 Å². The van der Waals surface area contributed by atoms with Gasteiger partial charge in [0, 0.05) is 28.8 Å². The molecule has 1 fully saturated rings. The van der Waals surface area contributed by atoms with Crippen LogP contribution in [-0.2, 0) is 5.41 Å². The molecule has 2 aromatic rings. The number of hydrogen-bond acceptors (Lipinski definition) is 3. The smallest absolute Gasteiger partial charge is 0.222 e. The molecule has 0 aliphatic heterocycles. The first-order valence-electron chi connectivity index (χ1n) is 6.55. The van der Waals surface area contributed by atoms with Crippen molar-refractivity contribution >= 4 is 21.9 Å². The van der Waals surface area contributed by atoms with Crippen LogP contribution in [0.3, 0.4) is 0 Å². The summed E-state index contributed by atoms with van der Waals surface area (Å²) in [6.07, 6.45) is 7.29. The lowest BCUT2D eigenvalue weighted by molar-refractivity contribution is 0.260. The zero-order chi connectivity index (χ0) is 13.1. The lowest BCUT2D eigenvalue weighted by Crippen LogP contribution is -2.41. The highest BCUT2D eigenvalue weighted by atomic mass is 79.9. The normalized spacial score (nSPS) is 16.7. The summed E-state index contributed by atoms with van der Waals surface area (Å²) in [7, 11) is 0. The molecule has 0 amide bonds. The molecule has 1 aliphatic carbocycles. The topological polar surface area (TPSA) is 37.8 Å². The second-order valence-corrected chi connectivity index (χ2v) is 5.98. The van der Waals surface area contributed by atoms with E-state index in [1.165, 1.54) is 24.8 Å². The zero-order valence-corrected chi connectivity index (χ0v) is 12.2. The predicted molar refractivity (Wildman–Crippen MR) is 80.2 cm³/mol. The van der Waals surface area contributed by atoms with Crippen LogP contribution in [0.25, 0.3) is 0 Å². The van der Waals surface area contributed by atoms with E-state index in [1.807, 2.05) is 6.07 Å². The fourth-order valence-electron chi connectivity index (χ4n) is 2.61. The van der Waals surface area contributed by atoms with Crippen molar-refractivity contribution in [1.82, 2.24) is 9.97 Å². The van der Waals surface area contributed by atoms with Crippen LogP contribution >= 0.6 is 15.9 Å². The molecule has 0 bridgehead atoms. The van der Waals surface area contributed by atoms with E-state index in [-0.39, 0.29) is 5.41 Å². The predicted octanol–water partition coefficient (Wildman–Crippen LogP) is 3.77. The highest BCUT2D eigenvalue weighted by Crippen LogP contribution is 2.43. The van der Waals surface area contributed by atoms with Crippen LogP contribution in [0, 0.1) is 0 Å². The Morgan fingerprint density at radius 3 is 2.37 bits per heavy atom. The van der Waals surface area contributed by atoms with Gasteiger partial charge in [0.2, 0.25) is 5.95 Å².